The third-order valence-electron chi connectivity index (χ3n) is 4.56. The van der Waals surface area contributed by atoms with E-state index in [0.717, 1.165) is 28.0 Å². The number of para-hydroxylation sites is 1. The molecule has 0 bridgehead atoms. The number of thiazole rings is 1. The van der Waals surface area contributed by atoms with Gasteiger partial charge in [0.1, 0.15) is 0 Å². The average Bonchev–Trinajstić information content (AvgIpc) is 3.33. The van der Waals surface area contributed by atoms with Gasteiger partial charge in [-0.15, -0.1) is 10.2 Å². The number of aromatic nitrogens is 3. The first-order valence-electron chi connectivity index (χ1n) is 9.23. The van der Waals surface area contributed by atoms with Crippen molar-refractivity contribution in [3.63, 3.8) is 0 Å². The van der Waals surface area contributed by atoms with Gasteiger partial charge in [-0.3, -0.25) is 14.0 Å². The van der Waals surface area contributed by atoms with Crippen molar-refractivity contribution in [3.8, 4) is 0 Å². The number of benzene rings is 2. The number of nitrogens with zero attached hydrogens (tertiary/aromatic N) is 3. The van der Waals surface area contributed by atoms with Crippen LogP contribution in [0.15, 0.2) is 53.7 Å². The van der Waals surface area contributed by atoms with Crippen LogP contribution < -0.4 is 10.6 Å². The van der Waals surface area contributed by atoms with Crippen molar-refractivity contribution in [1.82, 2.24) is 19.9 Å². The van der Waals surface area contributed by atoms with E-state index in [9.17, 15) is 9.59 Å². The Morgan fingerprint density at radius 1 is 1.14 bits per heavy atom. The number of anilines is 1. The molecule has 2 N–H and O–H groups in total. The number of amides is 2. The fourth-order valence-electron chi connectivity index (χ4n) is 3.01. The van der Waals surface area contributed by atoms with Crippen LogP contribution in [0.1, 0.15) is 23.2 Å². The Kier molecular flexibility index (Phi) is 4.69. The van der Waals surface area contributed by atoms with E-state index < -0.39 is 0 Å². The van der Waals surface area contributed by atoms with E-state index in [-0.39, 0.29) is 17.6 Å². The molecule has 7 nitrogen and oxygen atoms in total. The molecule has 1 aliphatic rings. The number of thioether (sulfide) groups is 1. The first kappa shape index (κ1) is 18.1. The van der Waals surface area contributed by atoms with Gasteiger partial charge in [-0.05, 0) is 43.2 Å². The molecule has 1 fully saturated rings. The Morgan fingerprint density at radius 2 is 2.00 bits per heavy atom. The van der Waals surface area contributed by atoms with Gasteiger partial charge in [-0.2, -0.15) is 0 Å². The Bertz CT molecular complexity index is 1230. The quantitative estimate of drug-likeness (QED) is 0.463. The number of hydrogen-bond acceptors (Lipinski definition) is 6. The topological polar surface area (TPSA) is 88.4 Å². The van der Waals surface area contributed by atoms with E-state index in [4.69, 9.17) is 0 Å². The lowest BCUT2D eigenvalue weighted by atomic mass is 10.2. The summed E-state index contributed by atoms with van der Waals surface area (Å²) in [5, 5.41) is 14.9. The summed E-state index contributed by atoms with van der Waals surface area (Å²) in [5.74, 6) is -0.0667. The van der Waals surface area contributed by atoms with Gasteiger partial charge in [0.2, 0.25) is 10.9 Å². The van der Waals surface area contributed by atoms with Crippen molar-refractivity contribution in [2.24, 2.45) is 0 Å². The first-order chi connectivity index (χ1) is 14.2. The van der Waals surface area contributed by atoms with Gasteiger partial charge >= 0.3 is 0 Å². The number of carbonyl (C=O) groups is 2. The fourth-order valence-corrected chi connectivity index (χ4v) is 4.78. The van der Waals surface area contributed by atoms with Crippen LogP contribution in [0.2, 0.25) is 0 Å². The summed E-state index contributed by atoms with van der Waals surface area (Å²) in [6.45, 7) is 0. The number of nitrogens with one attached hydrogen (secondary N) is 2. The van der Waals surface area contributed by atoms with Gasteiger partial charge < -0.3 is 10.6 Å². The van der Waals surface area contributed by atoms with Crippen LogP contribution in [-0.2, 0) is 4.79 Å². The van der Waals surface area contributed by atoms with E-state index in [0.29, 0.717) is 22.4 Å². The van der Waals surface area contributed by atoms with Gasteiger partial charge in [-0.1, -0.05) is 41.3 Å². The molecular formula is C20H17N5O2S2. The second-order valence-electron chi connectivity index (χ2n) is 6.84. The lowest BCUT2D eigenvalue weighted by molar-refractivity contribution is -0.113. The van der Waals surface area contributed by atoms with Gasteiger partial charge in [0.25, 0.3) is 5.91 Å². The van der Waals surface area contributed by atoms with Crippen molar-refractivity contribution < 1.29 is 9.59 Å². The van der Waals surface area contributed by atoms with E-state index in [2.05, 4.69) is 20.8 Å². The molecule has 2 amide bonds. The smallest absolute Gasteiger partial charge is 0.251 e. The van der Waals surface area contributed by atoms with Crippen LogP contribution in [-0.4, -0.2) is 38.2 Å². The summed E-state index contributed by atoms with van der Waals surface area (Å²) in [6.07, 6.45) is 2.07. The van der Waals surface area contributed by atoms with Crippen molar-refractivity contribution >= 4 is 55.8 Å². The summed E-state index contributed by atoms with van der Waals surface area (Å²) in [7, 11) is 0. The standard InChI is InChI=1S/C20H17N5O2S2/c26-17(21-14-5-3-4-12(10-14)18(27)22-13-8-9-13)11-28-19-23-24-20-25(19)15-6-1-2-7-16(15)29-20/h1-7,10,13H,8-9,11H2,(H,21,26)(H,22,27). The summed E-state index contributed by atoms with van der Waals surface area (Å²) < 4.78 is 3.10. The molecule has 0 spiro atoms. The zero-order chi connectivity index (χ0) is 19.8. The summed E-state index contributed by atoms with van der Waals surface area (Å²) in [6, 6.07) is 15.3. The highest BCUT2D eigenvalue weighted by Crippen LogP contribution is 2.29. The number of hydrogen-bond donors (Lipinski definition) is 2. The van der Waals surface area contributed by atoms with Gasteiger partial charge in [0, 0.05) is 17.3 Å². The fraction of sp³-hybridized carbons (Fsp3) is 0.200. The Morgan fingerprint density at radius 3 is 2.86 bits per heavy atom. The van der Waals surface area contributed by atoms with Crippen molar-refractivity contribution in [3.05, 3.63) is 54.1 Å². The summed E-state index contributed by atoms with van der Waals surface area (Å²) in [4.78, 5) is 25.4. The monoisotopic (exact) mass is 423 g/mol. The molecule has 0 unspecified atom stereocenters. The minimum absolute atomic E-state index is 0.104. The molecule has 1 saturated carbocycles. The lowest BCUT2D eigenvalue weighted by Gasteiger charge is -2.07. The van der Waals surface area contributed by atoms with Gasteiger partial charge in [-0.25, -0.2) is 0 Å². The highest BCUT2D eigenvalue weighted by Gasteiger charge is 2.23. The van der Waals surface area contributed by atoms with Crippen LogP contribution in [0, 0.1) is 0 Å². The maximum atomic E-state index is 12.4. The van der Waals surface area contributed by atoms with Crippen LogP contribution in [0.4, 0.5) is 5.69 Å². The highest BCUT2D eigenvalue weighted by atomic mass is 32.2. The molecule has 5 rings (SSSR count). The van der Waals surface area contributed by atoms with Crippen molar-refractivity contribution in [1.29, 1.82) is 0 Å². The molecule has 0 saturated heterocycles. The van der Waals surface area contributed by atoms with E-state index in [1.54, 1.807) is 35.6 Å². The molecule has 1 aliphatic carbocycles. The van der Waals surface area contributed by atoms with Gasteiger partial charge in [0.15, 0.2) is 5.16 Å². The molecule has 29 heavy (non-hydrogen) atoms. The summed E-state index contributed by atoms with van der Waals surface area (Å²) in [5.41, 5.74) is 2.19. The van der Waals surface area contributed by atoms with Crippen molar-refractivity contribution in [2.75, 3.05) is 11.1 Å². The Balaban J connectivity index is 1.26. The zero-order valence-corrected chi connectivity index (χ0v) is 16.9. The van der Waals surface area contributed by atoms with Crippen LogP contribution in [0.5, 0.6) is 0 Å². The summed E-state index contributed by atoms with van der Waals surface area (Å²) >= 11 is 2.91. The average molecular weight is 424 g/mol. The van der Waals surface area contributed by atoms with Crippen LogP contribution >= 0.6 is 23.1 Å². The SMILES string of the molecule is O=C(CSc1nnc2sc3ccccc3n12)Nc1cccc(C(=O)NC2CC2)c1. The number of rotatable bonds is 6. The Labute approximate surface area is 174 Å². The first-order valence-corrected chi connectivity index (χ1v) is 11.0. The predicted octanol–water partition coefficient (Wildman–Crippen LogP) is 3.57. The second kappa shape index (κ2) is 7.49. The third kappa shape index (κ3) is 3.83. The van der Waals surface area contributed by atoms with Crippen molar-refractivity contribution in [2.45, 2.75) is 24.0 Å². The van der Waals surface area contributed by atoms with E-state index >= 15 is 0 Å². The predicted molar refractivity (Wildman–Crippen MR) is 115 cm³/mol. The largest absolute Gasteiger partial charge is 0.349 e. The molecule has 0 atom stereocenters. The lowest BCUT2D eigenvalue weighted by Crippen LogP contribution is -2.25. The number of carbonyl (C=O) groups excluding carboxylic acids is 2. The van der Waals surface area contributed by atoms with E-state index in [1.165, 1.54) is 11.8 Å². The molecular weight excluding hydrogens is 406 g/mol. The number of fused-ring (bicyclic) bond motifs is 3. The molecule has 2 aromatic heterocycles. The molecule has 0 aliphatic heterocycles. The molecule has 146 valence electrons. The van der Waals surface area contributed by atoms with E-state index in [1.807, 2.05) is 28.7 Å². The maximum absolute atomic E-state index is 12.4. The maximum Gasteiger partial charge on any atom is 0.251 e. The molecule has 4 aromatic rings. The third-order valence-corrected chi connectivity index (χ3v) is 6.51. The zero-order valence-electron chi connectivity index (χ0n) is 15.3. The molecule has 9 heteroatoms. The minimum Gasteiger partial charge on any atom is -0.349 e. The second-order valence-corrected chi connectivity index (χ2v) is 8.79. The Hall–Kier alpha value is -2.91. The minimum atomic E-state index is -0.161. The van der Waals surface area contributed by atoms with Gasteiger partial charge in [0.05, 0.1) is 16.0 Å². The van der Waals surface area contributed by atoms with Crippen LogP contribution in [0.3, 0.4) is 0 Å². The molecule has 2 aromatic carbocycles. The molecule has 2 heterocycles. The normalized spacial score (nSPS) is 13.7. The van der Waals surface area contributed by atoms with Crippen LogP contribution in [0.25, 0.3) is 15.2 Å². The molecule has 0 radical (unpaired) electrons. The highest BCUT2D eigenvalue weighted by molar-refractivity contribution is 7.99.